The molecule has 1 unspecified atom stereocenters. The molecule has 0 spiro atoms. The fourth-order valence-corrected chi connectivity index (χ4v) is 5.49. The van der Waals surface area contributed by atoms with Gasteiger partial charge in [-0.15, -0.1) is 0 Å². The summed E-state index contributed by atoms with van der Waals surface area (Å²) in [5.41, 5.74) is 0.953. The molecular formula is C29H35N3O6S. The van der Waals surface area contributed by atoms with Gasteiger partial charge in [0, 0.05) is 13.1 Å². The van der Waals surface area contributed by atoms with E-state index in [4.69, 9.17) is 9.47 Å². The molecule has 0 aromatic heterocycles. The first-order chi connectivity index (χ1) is 18.7. The highest BCUT2D eigenvalue weighted by Gasteiger charge is 2.33. The molecule has 3 aromatic carbocycles. The zero-order valence-electron chi connectivity index (χ0n) is 22.7. The lowest BCUT2D eigenvalue weighted by Gasteiger charge is -2.32. The van der Waals surface area contributed by atoms with Crippen LogP contribution in [0.1, 0.15) is 26.3 Å². The highest BCUT2D eigenvalue weighted by molar-refractivity contribution is 7.92. The number of carbonyl (C=O) groups is 2. The van der Waals surface area contributed by atoms with E-state index < -0.39 is 28.5 Å². The van der Waals surface area contributed by atoms with E-state index in [1.165, 1.54) is 17.0 Å². The number of methoxy groups -OCH3 is 1. The molecule has 0 saturated carbocycles. The Morgan fingerprint density at radius 1 is 0.949 bits per heavy atom. The zero-order chi connectivity index (χ0) is 28.4. The van der Waals surface area contributed by atoms with E-state index in [2.05, 4.69) is 5.32 Å². The van der Waals surface area contributed by atoms with Gasteiger partial charge in [0.1, 0.15) is 24.1 Å². The molecule has 0 aliphatic rings. The predicted molar refractivity (Wildman–Crippen MR) is 150 cm³/mol. The molecule has 208 valence electrons. The van der Waals surface area contributed by atoms with Gasteiger partial charge < -0.3 is 19.7 Å². The van der Waals surface area contributed by atoms with Gasteiger partial charge >= 0.3 is 0 Å². The van der Waals surface area contributed by atoms with Gasteiger partial charge in [0.2, 0.25) is 11.8 Å². The summed E-state index contributed by atoms with van der Waals surface area (Å²) in [6.45, 7) is 5.42. The van der Waals surface area contributed by atoms with Gasteiger partial charge in [-0.1, -0.05) is 42.5 Å². The second-order valence-corrected chi connectivity index (χ2v) is 10.5. The molecule has 0 radical (unpaired) electrons. The quantitative estimate of drug-likeness (QED) is 0.345. The lowest BCUT2D eigenvalue weighted by Crippen LogP contribution is -2.51. The summed E-state index contributed by atoms with van der Waals surface area (Å²) >= 11 is 0. The SMILES string of the molecule is CCNC(=O)C(C)N(Cc1cccc(OC)c1)C(=O)CN(c1ccccc1OCC)S(=O)(=O)c1ccccc1. The standard InChI is InChI=1S/C29H35N3O6S/c1-5-30-29(34)22(3)31(20-23-13-12-14-24(19-23)37-4)28(33)21-32(26-17-10-11-18-27(26)38-6-2)39(35,36)25-15-8-7-9-16-25/h7-19,22H,5-6,20-21H2,1-4H3,(H,30,34). The maximum Gasteiger partial charge on any atom is 0.264 e. The average Bonchev–Trinajstić information content (AvgIpc) is 2.95. The predicted octanol–water partition coefficient (Wildman–Crippen LogP) is 3.84. The van der Waals surface area contributed by atoms with E-state index in [1.54, 1.807) is 88.5 Å². The number of hydrogen-bond donors (Lipinski definition) is 1. The minimum atomic E-state index is -4.18. The number of rotatable bonds is 13. The summed E-state index contributed by atoms with van der Waals surface area (Å²) in [5, 5.41) is 2.75. The van der Waals surface area contributed by atoms with Gasteiger partial charge in [-0.3, -0.25) is 13.9 Å². The minimum absolute atomic E-state index is 0.0280. The molecule has 0 aliphatic heterocycles. The van der Waals surface area contributed by atoms with Crippen LogP contribution < -0.4 is 19.1 Å². The lowest BCUT2D eigenvalue weighted by atomic mass is 10.1. The Kier molecular flexibility index (Phi) is 10.3. The molecule has 10 heteroatoms. The van der Waals surface area contributed by atoms with Crippen LogP contribution in [0.2, 0.25) is 0 Å². The Bertz CT molecular complexity index is 1360. The van der Waals surface area contributed by atoms with Crippen molar-refractivity contribution in [3.8, 4) is 11.5 Å². The van der Waals surface area contributed by atoms with Crippen LogP contribution in [0, 0.1) is 0 Å². The molecular weight excluding hydrogens is 518 g/mol. The fraction of sp³-hybridized carbons (Fsp3) is 0.310. The van der Waals surface area contributed by atoms with E-state index in [0.717, 1.165) is 9.87 Å². The number of hydrogen-bond acceptors (Lipinski definition) is 6. The summed E-state index contributed by atoms with van der Waals surface area (Å²) in [6, 6.07) is 20.9. The van der Waals surface area contributed by atoms with Crippen LogP contribution in [0.25, 0.3) is 0 Å². The van der Waals surface area contributed by atoms with Crippen LogP contribution in [-0.4, -0.2) is 58.0 Å². The smallest absolute Gasteiger partial charge is 0.264 e. The summed E-state index contributed by atoms with van der Waals surface area (Å²) < 4.78 is 39.9. The zero-order valence-corrected chi connectivity index (χ0v) is 23.5. The van der Waals surface area contributed by atoms with Gasteiger partial charge in [0.25, 0.3) is 10.0 Å². The van der Waals surface area contributed by atoms with Crippen molar-refractivity contribution in [2.24, 2.45) is 0 Å². The van der Waals surface area contributed by atoms with Crippen LogP contribution in [0.15, 0.2) is 83.8 Å². The largest absolute Gasteiger partial charge is 0.497 e. The monoisotopic (exact) mass is 553 g/mol. The first-order valence-electron chi connectivity index (χ1n) is 12.7. The van der Waals surface area contributed by atoms with Crippen molar-refractivity contribution >= 4 is 27.5 Å². The number of amides is 2. The molecule has 1 N–H and O–H groups in total. The number of carbonyl (C=O) groups excluding carboxylic acids is 2. The third kappa shape index (κ3) is 7.29. The van der Waals surface area contributed by atoms with Crippen molar-refractivity contribution in [1.29, 1.82) is 0 Å². The second-order valence-electron chi connectivity index (χ2n) is 8.67. The first kappa shape index (κ1) is 29.5. The minimum Gasteiger partial charge on any atom is -0.497 e. The van der Waals surface area contributed by atoms with E-state index in [0.29, 0.717) is 24.7 Å². The molecule has 3 rings (SSSR count). The summed E-state index contributed by atoms with van der Waals surface area (Å²) in [7, 11) is -2.63. The third-order valence-electron chi connectivity index (χ3n) is 6.05. The number of nitrogens with one attached hydrogen (secondary N) is 1. The van der Waals surface area contributed by atoms with Crippen molar-refractivity contribution in [3.05, 3.63) is 84.4 Å². The average molecular weight is 554 g/mol. The molecule has 9 nitrogen and oxygen atoms in total. The lowest BCUT2D eigenvalue weighted by molar-refractivity contribution is -0.139. The van der Waals surface area contributed by atoms with Crippen molar-refractivity contribution in [2.75, 3.05) is 31.1 Å². The highest BCUT2D eigenvalue weighted by atomic mass is 32.2. The Hall–Kier alpha value is -4.05. The molecule has 2 amide bonds. The van der Waals surface area contributed by atoms with Gasteiger partial charge in [-0.2, -0.15) is 0 Å². The Balaban J connectivity index is 2.07. The van der Waals surface area contributed by atoms with Crippen molar-refractivity contribution < 1.29 is 27.5 Å². The van der Waals surface area contributed by atoms with Gasteiger partial charge in [-0.25, -0.2) is 8.42 Å². The molecule has 1 atom stereocenters. The highest BCUT2D eigenvalue weighted by Crippen LogP contribution is 2.33. The summed E-state index contributed by atoms with van der Waals surface area (Å²) in [5.74, 6) is 0.0243. The topological polar surface area (TPSA) is 105 Å². The normalized spacial score (nSPS) is 11.8. The maximum atomic E-state index is 14.0. The molecule has 0 bridgehead atoms. The number of nitrogens with zero attached hydrogens (tertiary/aromatic N) is 2. The number of sulfonamides is 1. The number of anilines is 1. The van der Waals surface area contributed by atoms with Crippen molar-refractivity contribution in [3.63, 3.8) is 0 Å². The summed E-state index contributed by atoms with van der Waals surface area (Å²) in [4.78, 5) is 28.2. The number of benzene rings is 3. The molecule has 3 aromatic rings. The van der Waals surface area contributed by atoms with E-state index in [9.17, 15) is 18.0 Å². The van der Waals surface area contributed by atoms with E-state index in [1.807, 2.05) is 6.07 Å². The van der Waals surface area contributed by atoms with Gasteiger partial charge in [0.05, 0.1) is 24.3 Å². The second kappa shape index (κ2) is 13.7. The van der Waals surface area contributed by atoms with Gasteiger partial charge in [0.15, 0.2) is 0 Å². The van der Waals surface area contributed by atoms with Crippen LogP contribution in [-0.2, 0) is 26.2 Å². The van der Waals surface area contributed by atoms with Crippen LogP contribution in [0.3, 0.4) is 0 Å². The van der Waals surface area contributed by atoms with Crippen LogP contribution >= 0.6 is 0 Å². The van der Waals surface area contributed by atoms with Crippen LogP contribution in [0.4, 0.5) is 5.69 Å². The summed E-state index contributed by atoms with van der Waals surface area (Å²) in [6.07, 6.45) is 0. The Morgan fingerprint density at radius 3 is 2.31 bits per heavy atom. The number of para-hydroxylation sites is 2. The fourth-order valence-electron chi connectivity index (χ4n) is 4.05. The van der Waals surface area contributed by atoms with E-state index in [-0.39, 0.29) is 23.0 Å². The first-order valence-corrected chi connectivity index (χ1v) is 14.2. The molecule has 0 fully saturated rings. The Morgan fingerprint density at radius 2 is 1.64 bits per heavy atom. The van der Waals surface area contributed by atoms with Crippen molar-refractivity contribution in [2.45, 2.75) is 38.3 Å². The van der Waals surface area contributed by atoms with Crippen LogP contribution in [0.5, 0.6) is 11.5 Å². The Labute approximate surface area is 230 Å². The van der Waals surface area contributed by atoms with Gasteiger partial charge in [-0.05, 0) is 62.7 Å². The molecule has 0 saturated heterocycles. The molecule has 0 aliphatic carbocycles. The maximum absolute atomic E-state index is 14.0. The molecule has 39 heavy (non-hydrogen) atoms. The molecule has 0 heterocycles. The third-order valence-corrected chi connectivity index (χ3v) is 7.82. The number of ether oxygens (including phenoxy) is 2. The number of likely N-dealkylation sites (N-methyl/N-ethyl adjacent to an activating group) is 1. The van der Waals surface area contributed by atoms with Crippen molar-refractivity contribution in [1.82, 2.24) is 10.2 Å². The van der Waals surface area contributed by atoms with E-state index >= 15 is 0 Å².